The van der Waals surface area contributed by atoms with Crippen molar-refractivity contribution < 1.29 is 23.0 Å². The summed E-state index contributed by atoms with van der Waals surface area (Å²) in [7, 11) is 1.55. The third-order valence-electron chi connectivity index (χ3n) is 6.47. The number of nitrogens with zero attached hydrogens (tertiary/aromatic N) is 4. The highest BCUT2D eigenvalue weighted by Crippen LogP contribution is 2.39. The number of alkyl halides is 1. The second-order valence-electron chi connectivity index (χ2n) is 9.32. The van der Waals surface area contributed by atoms with Crippen molar-refractivity contribution in [1.82, 2.24) is 15.0 Å². The number of carbonyl (C=O) groups is 1. The minimum absolute atomic E-state index is 0.212. The Balaban J connectivity index is 1.61. The lowest BCUT2D eigenvalue weighted by atomic mass is 10.0. The Morgan fingerprint density at radius 1 is 1.15 bits per heavy atom. The maximum absolute atomic E-state index is 15.7. The van der Waals surface area contributed by atoms with Crippen molar-refractivity contribution >= 4 is 46.1 Å². The molecule has 1 aliphatic heterocycles. The zero-order valence-corrected chi connectivity index (χ0v) is 23.6. The highest BCUT2D eigenvalue weighted by molar-refractivity contribution is 8.00. The number of hydrogen-bond donors (Lipinski definition) is 2. The van der Waals surface area contributed by atoms with Crippen molar-refractivity contribution in [2.45, 2.75) is 13.3 Å². The van der Waals surface area contributed by atoms with Gasteiger partial charge in [-0.1, -0.05) is 24.1 Å². The SMILES string of the molecule is COc1cc(-c2cccc(NSCCCF)c2F)cc2c(N3CCOCC3)nc(-c3ccc(NC(C)=O)nc3)nc12. The number of rotatable bonds is 10. The Bertz CT molecular complexity index is 1530. The standard InChI is InChI=1S/C29H30F2N6O3S/c1-18(38)33-25-8-7-19(17-32-25)28-34-27-22(29(35-28)37-10-12-40-13-11-37)15-20(16-24(27)39-2)21-5-3-6-23(26(21)31)36-41-14-4-9-30/h3,5-8,15-17,36H,4,9-14H2,1-2H3,(H,32,33,38). The first-order valence-electron chi connectivity index (χ1n) is 13.2. The van der Waals surface area contributed by atoms with Gasteiger partial charge < -0.3 is 24.4 Å². The largest absolute Gasteiger partial charge is 0.494 e. The van der Waals surface area contributed by atoms with Crippen LogP contribution in [0.2, 0.25) is 0 Å². The molecule has 0 radical (unpaired) electrons. The van der Waals surface area contributed by atoms with E-state index in [1.54, 1.807) is 49.7 Å². The molecule has 12 heteroatoms. The van der Waals surface area contributed by atoms with E-state index in [2.05, 4.69) is 19.9 Å². The molecule has 0 atom stereocenters. The third-order valence-corrected chi connectivity index (χ3v) is 7.33. The number of pyridine rings is 1. The van der Waals surface area contributed by atoms with E-state index in [0.29, 0.717) is 95.0 Å². The summed E-state index contributed by atoms with van der Waals surface area (Å²) in [5.41, 5.74) is 2.55. The smallest absolute Gasteiger partial charge is 0.222 e. The van der Waals surface area contributed by atoms with Crippen molar-refractivity contribution in [1.29, 1.82) is 0 Å². The molecule has 3 heterocycles. The highest BCUT2D eigenvalue weighted by atomic mass is 32.2. The Kier molecular flexibility index (Phi) is 9.10. The molecule has 1 fully saturated rings. The molecular weight excluding hydrogens is 550 g/mol. The maximum atomic E-state index is 15.7. The van der Waals surface area contributed by atoms with Crippen molar-refractivity contribution in [2.24, 2.45) is 0 Å². The number of morpholine rings is 1. The van der Waals surface area contributed by atoms with Gasteiger partial charge in [-0.15, -0.1) is 0 Å². The van der Waals surface area contributed by atoms with Crippen molar-refractivity contribution in [3.63, 3.8) is 0 Å². The molecule has 1 amide bonds. The predicted molar refractivity (Wildman–Crippen MR) is 159 cm³/mol. The van der Waals surface area contributed by atoms with Crippen LogP contribution in [-0.4, -0.2) is 66.7 Å². The van der Waals surface area contributed by atoms with Crippen LogP contribution < -0.4 is 19.7 Å². The topological polar surface area (TPSA) is 102 Å². The molecule has 0 aliphatic carbocycles. The van der Waals surface area contributed by atoms with Crippen LogP contribution in [0.25, 0.3) is 33.4 Å². The molecule has 0 saturated carbocycles. The molecule has 2 N–H and O–H groups in total. The summed E-state index contributed by atoms with van der Waals surface area (Å²) in [4.78, 5) is 27.6. The molecule has 2 aromatic carbocycles. The van der Waals surface area contributed by atoms with E-state index in [0.717, 1.165) is 0 Å². The zero-order chi connectivity index (χ0) is 28.8. The van der Waals surface area contributed by atoms with Gasteiger partial charge in [-0.3, -0.25) is 9.18 Å². The molecule has 0 unspecified atom stereocenters. The van der Waals surface area contributed by atoms with E-state index < -0.39 is 12.5 Å². The molecule has 9 nitrogen and oxygen atoms in total. The van der Waals surface area contributed by atoms with E-state index in [1.165, 1.54) is 18.9 Å². The fourth-order valence-corrected chi connectivity index (χ4v) is 5.18. The summed E-state index contributed by atoms with van der Waals surface area (Å²) < 4.78 is 42.5. The summed E-state index contributed by atoms with van der Waals surface area (Å²) >= 11 is 1.26. The lowest BCUT2D eigenvalue weighted by Crippen LogP contribution is -2.37. The Morgan fingerprint density at radius 2 is 1.98 bits per heavy atom. The summed E-state index contributed by atoms with van der Waals surface area (Å²) in [6.45, 7) is 3.36. The van der Waals surface area contributed by atoms with Crippen LogP contribution in [-0.2, 0) is 9.53 Å². The highest BCUT2D eigenvalue weighted by Gasteiger charge is 2.22. The Morgan fingerprint density at radius 3 is 2.68 bits per heavy atom. The summed E-state index contributed by atoms with van der Waals surface area (Å²) in [6, 6.07) is 12.3. The van der Waals surface area contributed by atoms with Gasteiger partial charge in [0.15, 0.2) is 11.6 Å². The fourth-order valence-electron chi connectivity index (χ4n) is 4.51. The Labute approximate surface area is 240 Å². The van der Waals surface area contributed by atoms with Crippen molar-refractivity contribution in [2.75, 3.05) is 60.8 Å². The van der Waals surface area contributed by atoms with Gasteiger partial charge in [0.05, 0.1) is 32.7 Å². The first-order valence-corrected chi connectivity index (χ1v) is 14.2. The normalized spacial score (nSPS) is 13.3. The van der Waals surface area contributed by atoms with Crippen molar-refractivity contribution in [3.05, 3.63) is 54.5 Å². The van der Waals surface area contributed by atoms with Gasteiger partial charge in [0.1, 0.15) is 22.9 Å². The number of amides is 1. The number of ether oxygens (including phenoxy) is 2. The number of halogens is 2. The molecule has 1 saturated heterocycles. The second-order valence-corrected chi connectivity index (χ2v) is 10.2. The van der Waals surface area contributed by atoms with E-state index in [1.807, 2.05) is 6.07 Å². The minimum Gasteiger partial charge on any atom is -0.494 e. The maximum Gasteiger partial charge on any atom is 0.222 e. The molecular formula is C29H30F2N6O3S. The summed E-state index contributed by atoms with van der Waals surface area (Å²) in [6.07, 6.45) is 2.00. The number of methoxy groups -OCH3 is 1. The molecule has 214 valence electrons. The third kappa shape index (κ3) is 6.49. The number of nitrogens with one attached hydrogen (secondary N) is 2. The van der Waals surface area contributed by atoms with E-state index in [9.17, 15) is 9.18 Å². The number of aromatic nitrogens is 3. The fraction of sp³-hybridized carbons (Fsp3) is 0.310. The van der Waals surface area contributed by atoms with Gasteiger partial charge in [-0.2, -0.15) is 0 Å². The molecule has 41 heavy (non-hydrogen) atoms. The van der Waals surface area contributed by atoms with Gasteiger partial charge in [0.2, 0.25) is 5.91 Å². The number of hydrogen-bond acceptors (Lipinski definition) is 9. The van der Waals surface area contributed by atoms with Crippen LogP contribution in [0.3, 0.4) is 0 Å². The minimum atomic E-state index is -0.419. The quantitative estimate of drug-likeness (QED) is 0.180. The van der Waals surface area contributed by atoms with Crippen LogP contribution >= 0.6 is 11.9 Å². The van der Waals surface area contributed by atoms with Crippen LogP contribution in [0, 0.1) is 5.82 Å². The summed E-state index contributed by atoms with van der Waals surface area (Å²) in [5.74, 6) is 1.90. The van der Waals surface area contributed by atoms with Gasteiger partial charge in [0, 0.05) is 48.5 Å². The second kappa shape index (κ2) is 13.1. The lowest BCUT2D eigenvalue weighted by molar-refractivity contribution is -0.114. The first kappa shape index (κ1) is 28.5. The predicted octanol–water partition coefficient (Wildman–Crippen LogP) is 5.72. The molecule has 0 spiro atoms. The number of fused-ring (bicyclic) bond motifs is 1. The van der Waals surface area contributed by atoms with Crippen LogP contribution in [0.5, 0.6) is 5.75 Å². The summed E-state index contributed by atoms with van der Waals surface area (Å²) in [5, 5.41) is 3.37. The lowest BCUT2D eigenvalue weighted by Gasteiger charge is -2.29. The molecule has 4 aromatic rings. The Hall–Kier alpha value is -4.03. The van der Waals surface area contributed by atoms with Gasteiger partial charge >= 0.3 is 0 Å². The average Bonchev–Trinajstić information content (AvgIpc) is 2.99. The van der Waals surface area contributed by atoms with E-state index in [4.69, 9.17) is 19.4 Å². The van der Waals surface area contributed by atoms with Gasteiger partial charge in [0.25, 0.3) is 0 Å². The van der Waals surface area contributed by atoms with Gasteiger partial charge in [-0.25, -0.2) is 19.3 Å². The van der Waals surface area contributed by atoms with Crippen LogP contribution in [0.1, 0.15) is 13.3 Å². The first-order chi connectivity index (χ1) is 20.0. The number of carbonyl (C=O) groups excluding carboxylic acids is 1. The van der Waals surface area contributed by atoms with Crippen LogP contribution in [0.15, 0.2) is 48.7 Å². The molecule has 2 aromatic heterocycles. The molecule has 5 rings (SSSR count). The molecule has 0 bridgehead atoms. The van der Waals surface area contributed by atoms with E-state index in [-0.39, 0.29) is 5.91 Å². The number of anilines is 3. The van der Waals surface area contributed by atoms with E-state index >= 15 is 4.39 Å². The molecule has 1 aliphatic rings. The van der Waals surface area contributed by atoms with Gasteiger partial charge in [-0.05, 0) is 42.3 Å². The average molecular weight is 581 g/mol. The monoisotopic (exact) mass is 580 g/mol. The van der Waals surface area contributed by atoms with Crippen molar-refractivity contribution in [3.8, 4) is 28.3 Å². The zero-order valence-electron chi connectivity index (χ0n) is 22.7. The van der Waals surface area contributed by atoms with Crippen LogP contribution in [0.4, 0.5) is 26.1 Å². The number of benzene rings is 2.